The molecule has 78 heavy (non-hydrogen) atoms. The number of hydrogen-bond donors (Lipinski definition) is 6. The summed E-state index contributed by atoms with van der Waals surface area (Å²) in [5, 5.41) is 58.1. The van der Waals surface area contributed by atoms with Gasteiger partial charge in [-0.2, -0.15) is 25.5 Å². The Balaban J connectivity index is 0.000000131. The summed E-state index contributed by atoms with van der Waals surface area (Å²) < 4.78 is 27.9. The molecule has 12 rings (SSSR count). The van der Waals surface area contributed by atoms with Gasteiger partial charge >= 0.3 is 29.8 Å². The number of carbonyl (C=O) groups is 5. The van der Waals surface area contributed by atoms with Gasteiger partial charge in [0.05, 0.1) is 41.8 Å². The highest BCUT2D eigenvalue weighted by Crippen LogP contribution is 2.32. The number of esters is 2. The van der Waals surface area contributed by atoms with Crippen LogP contribution in [0.15, 0.2) is 115 Å². The molecule has 5 aromatic heterocycles. The number of H-pyrrole nitrogens is 3. The van der Waals surface area contributed by atoms with Gasteiger partial charge in [0.25, 0.3) is 0 Å². The van der Waals surface area contributed by atoms with Crippen LogP contribution in [0.5, 0.6) is 0 Å². The van der Waals surface area contributed by atoms with Gasteiger partial charge in [-0.1, -0.05) is 81.9 Å². The van der Waals surface area contributed by atoms with Crippen LogP contribution in [0.25, 0.3) is 54.5 Å². The second kappa shape index (κ2) is 25.9. The molecule has 404 valence electrons. The normalized spacial score (nSPS) is 14.9. The van der Waals surface area contributed by atoms with E-state index in [0.29, 0.717) is 34.2 Å². The number of benzene rings is 5. The first-order valence-electron chi connectivity index (χ1n) is 23.7. The Morgan fingerprint density at radius 2 is 0.872 bits per heavy atom. The summed E-state index contributed by atoms with van der Waals surface area (Å²) >= 11 is 13.4. The van der Waals surface area contributed by atoms with Gasteiger partial charge in [0.15, 0.2) is 40.9 Å². The Bertz CT molecular complexity index is 3820. The molecular formula is C52H46Br4N10O12. The number of carbonyl (C=O) groups excluding carboxylic acids is 2. The topological polar surface area (TPSA) is 305 Å². The highest BCUT2D eigenvalue weighted by atomic mass is 79.9. The van der Waals surface area contributed by atoms with Crippen LogP contribution in [-0.2, 0) is 18.9 Å². The minimum absolute atomic E-state index is 0.0521. The third kappa shape index (κ3) is 13.1. The standard InChI is InChI=1S/C14H15BrN2O3.C13H13BrN2O3.C9H7BrN2O2.C8H5BrN2O2.C8H6N2O2/c1-19-14(18)13-10-8-9(15)5-6-11(10)17(16-13)12-4-2-3-7-20-12;14-8-4-5-10-9(7-8)12(13(17)18)15-16(10)11-3-1-2-6-19-11;1-14-9(13)8-6-4-5(10)2-3-7(6)11-12-8;9-4-1-2-6-5(3-4)7(8(12)13)11-10-6;11-8(12)7-5-3-1-2-4-6(5)9-10-7/h5-6,8,12H,2-4,7H2,1H3;4-5,7,11H,1-3,6H2,(H,17,18);2-4H,1H3,(H,11,12);1-3H,(H,10,11)(H,12,13);1-4H,(H,9,10)(H,11,12). The predicted octanol–water partition coefficient (Wildman–Crippen LogP) is 11.9. The van der Waals surface area contributed by atoms with Crippen molar-refractivity contribution in [2.45, 2.75) is 51.0 Å². The fourth-order valence-corrected chi connectivity index (χ4v) is 9.86. The number of aromatic carboxylic acids is 3. The second-order valence-corrected chi connectivity index (χ2v) is 20.8. The van der Waals surface area contributed by atoms with Crippen molar-refractivity contribution in [3.63, 3.8) is 0 Å². The lowest BCUT2D eigenvalue weighted by atomic mass is 10.2. The van der Waals surface area contributed by atoms with E-state index >= 15 is 0 Å². The molecule has 0 bridgehead atoms. The first-order chi connectivity index (χ1) is 37.6. The first kappa shape index (κ1) is 56.8. The third-order valence-electron chi connectivity index (χ3n) is 12.1. The van der Waals surface area contributed by atoms with E-state index < -0.39 is 29.8 Å². The Morgan fingerprint density at radius 1 is 0.487 bits per heavy atom. The summed E-state index contributed by atoms with van der Waals surface area (Å²) in [6.07, 6.45) is 5.81. The van der Waals surface area contributed by atoms with Crippen LogP contribution >= 0.6 is 63.7 Å². The molecule has 0 radical (unpaired) electrons. The van der Waals surface area contributed by atoms with Crippen molar-refractivity contribution in [3.8, 4) is 0 Å². The van der Waals surface area contributed by atoms with Crippen molar-refractivity contribution in [2.24, 2.45) is 0 Å². The van der Waals surface area contributed by atoms with E-state index in [1.165, 1.54) is 14.2 Å². The zero-order valence-electron chi connectivity index (χ0n) is 41.2. The molecule has 10 aromatic rings. The lowest BCUT2D eigenvalue weighted by Gasteiger charge is -2.23. The number of carboxylic acid groups (broad SMARTS) is 3. The minimum atomic E-state index is -1.02. The van der Waals surface area contributed by atoms with Crippen molar-refractivity contribution in [1.82, 2.24) is 50.2 Å². The highest BCUT2D eigenvalue weighted by molar-refractivity contribution is 9.11. The predicted molar refractivity (Wildman–Crippen MR) is 300 cm³/mol. The molecule has 5 aromatic carbocycles. The molecule has 0 aliphatic carbocycles. The first-order valence-corrected chi connectivity index (χ1v) is 26.9. The number of para-hydroxylation sites is 1. The number of aromatic amines is 3. The number of hydrogen-bond acceptors (Lipinski definition) is 14. The summed E-state index contributed by atoms with van der Waals surface area (Å²) in [5.74, 6) is -3.91. The zero-order valence-corrected chi connectivity index (χ0v) is 47.6. The van der Waals surface area contributed by atoms with Gasteiger partial charge in [-0.3, -0.25) is 15.3 Å². The van der Waals surface area contributed by atoms with Gasteiger partial charge in [0, 0.05) is 58.0 Å². The van der Waals surface area contributed by atoms with Gasteiger partial charge in [-0.15, -0.1) is 0 Å². The fourth-order valence-electron chi connectivity index (χ4n) is 8.42. The van der Waals surface area contributed by atoms with E-state index in [4.69, 9.17) is 24.4 Å². The lowest BCUT2D eigenvalue weighted by molar-refractivity contribution is -0.0370. The molecule has 0 amide bonds. The molecule has 2 atom stereocenters. The SMILES string of the molecule is COC(=O)c1n[nH]c2ccc(Br)cc12.COC(=O)c1nn(C2CCCCO2)c2ccc(Br)cc12.O=C(O)c1n[nH]c2ccc(Br)cc12.O=C(O)c1n[nH]c2ccccc12.O=C(O)c1nn(C2CCCCO2)c2ccc(Br)cc12. The fraction of sp³-hybridized carbons (Fsp3) is 0.231. The molecule has 2 fully saturated rings. The Morgan fingerprint density at radius 3 is 1.33 bits per heavy atom. The summed E-state index contributed by atoms with van der Waals surface area (Å²) in [6, 6.07) is 29.3. The van der Waals surface area contributed by atoms with Crippen molar-refractivity contribution in [1.29, 1.82) is 0 Å². The van der Waals surface area contributed by atoms with Crippen LogP contribution in [0.1, 0.15) is 103 Å². The van der Waals surface area contributed by atoms with E-state index in [9.17, 15) is 29.1 Å². The average molecular weight is 1320 g/mol. The van der Waals surface area contributed by atoms with Crippen LogP contribution in [0.4, 0.5) is 0 Å². The van der Waals surface area contributed by atoms with Gasteiger partial charge in [0.2, 0.25) is 0 Å². The summed E-state index contributed by atoms with van der Waals surface area (Å²) in [5.41, 5.74) is 4.81. The van der Waals surface area contributed by atoms with E-state index in [-0.39, 0.29) is 29.5 Å². The molecule has 2 aliphatic heterocycles. The number of rotatable bonds is 7. The Kier molecular flexibility index (Phi) is 18.8. The van der Waals surface area contributed by atoms with Crippen LogP contribution in [0, 0.1) is 0 Å². The van der Waals surface area contributed by atoms with Crippen molar-refractivity contribution >= 4 is 148 Å². The number of ether oxygens (including phenoxy) is 4. The second-order valence-electron chi connectivity index (χ2n) is 17.1. The number of aromatic nitrogens is 10. The largest absolute Gasteiger partial charge is 0.476 e. The Hall–Kier alpha value is -7.36. The maximum atomic E-state index is 11.9. The summed E-state index contributed by atoms with van der Waals surface area (Å²) in [4.78, 5) is 55.7. The molecule has 6 N–H and O–H groups in total. The van der Waals surface area contributed by atoms with E-state index in [1.807, 2.05) is 60.7 Å². The number of methoxy groups -OCH3 is 2. The number of halogens is 4. The molecule has 2 saturated heterocycles. The minimum Gasteiger partial charge on any atom is -0.476 e. The van der Waals surface area contributed by atoms with Crippen LogP contribution < -0.4 is 0 Å². The maximum Gasteiger partial charge on any atom is 0.359 e. The van der Waals surface area contributed by atoms with Crippen LogP contribution in [-0.4, -0.2) is 123 Å². The third-order valence-corrected chi connectivity index (χ3v) is 14.1. The number of fused-ring (bicyclic) bond motifs is 5. The highest BCUT2D eigenvalue weighted by Gasteiger charge is 2.26. The molecular weight excluding hydrogens is 1280 g/mol. The molecule has 26 heteroatoms. The number of nitrogens with one attached hydrogen (secondary N) is 3. The number of nitrogens with zero attached hydrogens (tertiary/aromatic N) is 7. The van der Waals surface area contributed by atoms with Gasteiger partial charge in [-0.25, -0.2) is 33.3 Å². The van der Waals surface area contributed by atoms with Gasteiger partial charge in [-0.05, 0) is 117 Å². The van der Waals surface area contributed by atoms with E-state index in [0.717, 1.165) is 101 Å². The molecule has 2 aliphatic rings. The number of carboxylic acids is 3. The van der Waals surface area contributed by atoms with Crippen molar-refractivity contribution < 1.29 is 58.2 Å². The van der Waals surface area contributed by atoms with E-state index in [2.05, 4.69) is 109 Å². The average Bonchev–Trinajstić information content (AvgIpc) is 4.30. The summed E-state index contributed by atoms with van der Waals surface area (Å²) in [7, 11) is 2.70. The van der Waals surface area contributed by atoms with E-state index in [1.54, 1.807) is 45.8 Å². The lowest BCUT2D eigenvalue weighted by Crippen LogP contribution is -2.19. The Labute approximate surface area is 475 Å². The molecule has 7 heterocycles. The zero-order chi connectivity index (χ0) is 55.6. The quantitative estimate of drug-likeness (QED) is 0.0808. The van der Waals surface area contributed by atoms with Gasteiger partial charge in [0.1, 0.15) is 0 Å². The maximum absolute atomic E-state index is 11.9. The summed E-state index contributed by atoms with van der Waals surface area (Å²) in [6.45, 7) is 1.43. The smallest absolute Gasteiger partial charge is 0.359 e. The van der Waals surface area contributed by atoms with Crippen molar-refractivity contribution in [2.75, 3.05) is 27.4 Å². The monoisotopic (exact) mass is 1320 g/mol. The van der Waals surface area contributed by atoms with Gasteiger partial charge < -0.3 is 34.3 Å². The molecule has 0 saturated carbocycles. The van der Waals surface area contributed by atoms with Crippen LogP contribution in [0.2, 0.25) is 0 Å². The van der Waals surface area contributed by atoms with Crippen LogP contribution in [0.3, 0.4) is 0 Å². The van der Waals surface area contributed by atoms with Crippen molar-refractivity contribution in [3.05, 3.63) is 143 Å². The molecule has 0 spiro atoms. The molecule has 2 unspecified atom stereocenters. The molecule has 22 nitrogen and oxygen atoms in total.